The molecule has 0 aliphatic carbocycles. The van der Waals surface area contributed by atoms with E-state index in [1.807, 2.05) is 0 Å². The van der Waals surface area contributed by atoms with Gasteiger partial charge in [0.1, 0.15) is 0 Å². The van der Waals surface area contributed by atoms with Crippen molar-refractivity contribution in [1.82, 2.24) is 10.6 Å². The minimum absolute atomic E-state index is 0. The SMILES string of the molecule is CC(C)C1NCC12CCNCC2.Cl.Cl. The first kappa shape index (κ1) is 14.5. The van der Waals surface area contributed by atoms with Crippen LogP contribution in [0.2, 0.25) is 0 Å². The highest BCUT2D eigenvalue weighted by atomic mass is 35.5. The van der Waals surface area contributed by atoms with Crippen LogP contribution in [0.25, 0.3) is 0 Å². The lowest BCUT2D eigenvalue weighted by atomic mass is 9.64. The molecule has 0 aromatic carbocycles. The van der Waals surface area contributed by atoms with Crippen molar-refractivity contribution >= 4 is 24.8 Å². The molecule has 2 N–H and O–H groups in total. The molecule has 1 atom stereocenters. The van der Waals surface area contributed by atoms with E-state index in [2.05, 4.69) is 24.5 Å². The number of halogens is 2. The van der Waals surface area contributed by atoms with Gasteiger partial charge in [-0.25, -0.2) is 0 Å². The lowest BCUT2D eigenvalue weighted by Gasteiger charge is -2.55. The molecule has 4 heteroatoms. The summed E-state index contributed by atoms with van der Waals surface area (Å²) in [6, 6.07) is 0.791. The molecule has 0 radical (unpaired) electrons. The van der Waals surface area contributed by atoms with E-state index in [1.54, 1.807) is 0 Å². The van der Waals surface area contributed by atoms with Crippen molar-refractivity contribution in [3.8, 4) is 0 Å². The molecule has 0 bridgehead atoms. The highest BCUT2D eigenvalue weighted by molar-refractivity contribution is 5.85. The second-order valence-corrected chi connectivity index (χ2v) is 4.71. The van der Waals surface area contributed by atoms with Crippen LogP contribution < -0.4 is 10.6 Å². The number of rotatable bonds is 1. The molecule has 2 nitrogen and oxygen atoms in total. The summed E-state index contributed by atoms with van der Waals surface area (Å²) in [7, 11) is 0. The molecule has 0 saturated carbocycles. The molecular formula is C10H22Cl2N2. The van der Waals surface area contributed by atoms with E-state index in [0.717, 1.165) is 12.0 Å². The van der Waals surface area contributed by atoms with Crippen LogP contribution in [0.4, 0.5) is 0 Å². The van der Waals surface area contributed by atoms with Gasteiger partial charge in [-0.2, -0.15) is 0 Å². The van der Waals surface area contributed by atoms with Crippen LogP contribution in [0.3, 0.4) is 0 Å². The maximum Gasteiger partial charge on any atom is 0.0160 e. The number of piperidine rings is 1. The van der Waals surface area contributed by atoms with Gasteiger partial charge < -0.3 is 10.6 Å². The topological polar surface area (TPSA) is 24.1 Å². The van der Waals surface area contributed by atoms with Gasteiger partial charge >= 0.3 is 0 Å². The van der Waals surface area contributed by atoms with Crippen molar-refractivity contribution in [2.24, 2.45) is 11.3 Å². The molecule has 0 amide bonds. The number of nitrogens with one attached hydrogen (secondary N) is 2. The summed E-state index contributed by atoms with van der Waals surface area (Å²) in [6.07, 6.45) is 2.76. The van der Waals surface area contributed by atoms with Gasteiger partial charge in [-0.15, -0.1) is 24.8 Å². The summed E-state index contributed by atoms with van der Waals surface area (Å²) < 4.78 is 0. The molecule has 14 heavy (non-hydrogen) atoms. The third-order valence-electron chi connectivity index (χ3n) is 3.60. The van der Waals surface area contributed by atoms with Gasteiger partial charge in [0.05, 0.1) is 0 Å². The molecule has 0 aromatic rings. The van der Waals surface area contributed by atoms with E-state index in [9.17, 15) is 0 Å². The number of hydrogen-bond donors (Lipinski definition) is 2. The van der Waals surface area contributed by atoms with E-state index < -0.39 is 0 Å². The molecule has 2 fully saturated rings. The van der Waals surface area contributed by atoms with Gasteiger partial charge in [0.25, 0.3) is 0 Å². The van der Waals surface area contributed by atoms with Crippen LogP contribution in [-0.4, -0.2) is 25.7 Å². The molecule has 1 spiro atoms. The zero-order chi connectivity index (χ0) is 8.60. The maximum atomic E-state index is 3.58. The molecule has 2 aliphatic heterocycles. The Kier molecular flexibility index (Phi) is 5.75. The number of hydrogen-bond acceptors (Lipinski definition) is 2. The average Bonchev–Trinajstić information content (AvgIpc) is 2.03. The standard InChI is InChI=1S/C10H20N2.2ClH/c1-8(2)9-10(7-12-9)3-5-11-6-4-10;;/h8-9,11-12H,3-7H2,1-2H3;2*1H. The zero-order valence-electron chi connectivity index (χ0n) is 9.01. The Morgan fingerprint density at radius 3 is 2.07 bits per heavy atom. The fourth-order valence-corrected chi connectivity index (χ4v) is 2.86. The van der Waals surface area contributed by atoms with Gasteiger partial charge in [-0.1, -0.05) is 13.8 Å². The van der Waals surface area contributed by atoms with E-state index in [4.69, 9.17) is 0 Å². The monoisotopic (exact) mass is 240 g/mol. The van der Waals surface area contributed by atoms with E-state index in [-0.39, 0.29) is 24.8 Å². The van der Waals surface area contributed by atoms with Crippen molar-refractivity contribution in [2.75, 3.05) is 19.6 Å². The second-order valence-electron chi connectivity index (χ2n) is 4.71. The Morgan fingerprint density at radius 2 is 1.71 bits per heavy atom. The Morgan fingerprint density at radius 1 is 1.14 bits per heavy atom. The Bertz CT molecular complexity index is 168. The predicted octanol–water partition coefficient (Wildman–Crippen LogP) is 1.83. The fourth-order valence-electron chi connectivity index (χ4n) is 2.86. The normalized spacial score (nSPS) is 28.9. The Balaban J connectivity index is 0.000000845. The molecular weight excluding hydrogens is 219 g/mol. The van der Waals surface area contributed by atoms with Gasteiger partial charge in [-0.3, -0.25) is 0 Å². The van der Waals surface area contributed by atoms with E-state index in [1.165, 1.54) is 32.5 Å². The fraction of sp³-hybridized carbons (Fsp3) is 1.00. The third-order valence-corrected chi connectivity index (χ3v) is 3.60. The summed E-state index contributed by atoms with van der Waals surface area (Å²) in [4.78, 5) is 0. The van der Waals surface area contributed by atoms with Crippen molar-refractivity contribution in [3.63, 3.8) is 0 Å². The molecule has 2 heterocycles. The minimum Gasteiger partial charge on any atom is -0.317 e. The van der Waals surface area contributed by atoms with Gasteiger partial charge in [0.2, 0.25) is 0 Å². The minimum atomic E-state index is 0. The average molecular weight is 241 g/mol. The molecule has 0 aromatic heterocycles. The van der Waals surface area contributed by atoms with Crippen molar-refractivity contribution < 1.29 is 0 Å². The largest absolute Gasteiger partial charge is 0.317 e. The lowest BCUT2D eigenvalue weighted by molar-refractivity contribution is 0.0176. The Hall–Kier alpha value is 0.500. The third kappa shape index (κ3) is 2.35. The van der Waals surface area contributed by atoms with E-state index >= 15 is 0 Å². The van der Waals surface area contributed by atoms with Gasteiger partial charge in [0.15, 0.2) is 0 Å². The van der Waals surface area contributed by atoms with Crippen LogP contribution in [0.5, 0.6) is 0 Å². The summed E-state index contributed by atoms with van der Waals surface area (Å²) in [6.45, 7) is 8.38. The Labute approximate surface area is 99.4 Å². The van der Waals surface area contributed by atoms with Crippen LogP contribution in [0.15, 0.2) is 0 Å². The van der Waals surface area contributed by atoms with Crippen molar-refractivity contribution in [3.05, 3.63) is 0 Å². The molecule has 1 unspecified atom stereocenters. The van der Waals surface area contributed by atoms with Gasteiger partial charge in [-0.05, 0) is 31.8 Å². The molecule has 86 valence electrons. The summed E-state index contributed by atoms with van der Waals surface area (Å²) in [5.74, 6) is 0.803. The zero-order valence-corrected chi connectivity index (χ0v) is 10.6. The quantitative estimate of drug-likeness (QED) is 0.731. The smallest absolute Gasteiger partial charge is 0.0160 e. The van der Waals surface area contributed by atoms with Crippen molar-refractivity contribution in [2.45, 2.75) is 32.7 Å². The van der Waals surface area contributed by atoms with Gasteiger partial charge in [0, 0.05) is 18.0 Å². The maximum absolute atomic E-state index is 3.58. The van der Waals surface area contributed by atoms with Crippen molar-refractivity contribution in [1.29, 1.82) is 0 Å². The van der Waals surface area contributed by atoms with E-state index in [0.29, 0.717) is 5.41 Å². The highest BCUT2D eigenvalue weighted by Gasteiger charge is 2.47. The second kappa shape index (κ2) is 5.55. The summed E-state index contributed by atoms with van der Waals surface area (Å²) >= 11 is 0. The highest BCUT2D eigenvalue weighted by Crippen LogP contribution is 2.41. The first-order valence-corrected chi connectivity index (χ1v) is 5.19. The first-order chi connectivity index (χ1) is 5.75. The van der Waals surface area contributed by atoms with Crippen LogP contribution in [0.1, 0.15) is 26.7 Å². The summed E-state index contributed by atoms with van der Waals surface area (Å²) in [5.41, 5.74) is 0.666. The summed E-state index contributed by atoms with van der Waals surface area (Å²) in [5, 5.41) is 7.02. The first-order valence-electron chi connectivity index (χ1n) is 5.19. The van der Waals surface area contributed by atoms with Crippen LogP contribution in [0, 0.1) is 11.3 Å². The lowest BCUT2D eigenvalue weighted by Crippen LogP contribution is -2.67. The van der Waals surface area contributed by atoms with Crippen LogP contribution in [-0.2, 0) is 0 Å². The molecule has 2 saturated heterocycles. The molecule has 2 rings (SSSR count). The molecule has 2 aliphatic rings. The van der Waals surface area contributed by atoms with Crippen LogP contribution >= 0.6 is 24.8 Å². The predicted molar refractivity (Wildman–Crippen MR) is 65.7 cm³/mol.